The van der Waals surface area contributed by atoms with Crippen molar-refractivity contribution in [3.8, 4) is 0 Å². The summed E-state index contributed by atoms with van der Waals surface area (Å²) in [6.45, 7) is 0. The standard InChI is InChI=1S/C18H14O2/c19-17-15(11-10-13-6-2-1-3-7-13)12-14-8-4-5-9-16(14)18(17)20/h1-9,12H,10-11H2. The number of allylic oxidation sites excluding steroid dienone is 1. The van der Waals surface area contributed by atoms with E-state index < -0.39 is 0 Å². The summed E-state index contributed by atoms with van der Waals surface area (Å²) in [6, 6.07) is 17.2. The molecule has 2 aromatic carbocycles. The maximum absolute atomic E-state index is 12.1. The molecule has 2 heteroatoms. The van der Waals surface area contributed by atoms with E-state index in [4.69, 9.17) is 0 Å². The van der Waals surface area contributed by atoms with Crippen LogP contribution in [0.3, 0.4) is 0 Å². The lowest BCUT2D eigenvalue weighted by Crippen LogP contribution is -2.21. The van der Waals surface area contributed by atoms with Crippen LogP contribution in [-0.2, 0) is 11.2 Å². The van der Waals surface area contributed by atoms with Crippen molar-refractivity contribution in [3.63, 3.8) is 0 Å². The molecular weight excluding hydrogens is 248 g/mol. The molecule has 20 heavy (non-hydrogen) atoms. The summed E-state index contributed by atoms with van der Waals surface area (Å²) in [7, 11) is 0. The number of rotatable bonds is 3. The molecule has 0 heterocycles. The summed E-state index contributed by atoms with van der Waals surface area (Å²) in [5, 5.41) is 0. The van der Waals surface area contributed by atoms with Gasteiger partial charge in [-0.15, -0.1) is 0 Å². The minimum atomic E-state index is -0.383. The zero-order valence-corrected chi connectivity index (χ0v) is 11.0. The Kier molecular flexibility index (Phi) is 3.30. The van der Waals surface area contributed by atoms with Crippen LogP contribution in [-0.4, -0.2) is 11.6 Å². The quantitative estimate of drug-likeness (QED) is 0.794. The van der Waals surface area contributed by atoms with Crippen molar-refractivity contribution in [3.05, 3.63) is 76.9 Å². The summed E-state index contributed by atoms with van der Waals surface area (Å²) >= 11 is 0. The summed E-state index contributed by atoms with van der Waals surface area (Å²) < 4.78 is 0. The fraction of sp³-hybridized carbons (Fsp3) is 0.111. The van der Waals surface area contributed by atoms with Crippen molar-refractivity contribution in [2.45, 2.75) is 12.8 Å². The highest BCUT2D eigenvalue weighted by atomic mass is 16.2. The van der Waals surface area contributed by atoms with Gasteiger partial charge in [0, 0.05) is 11.1 Å². The minimum Gasteiger partial charge on any atom is -0.285 e. The highest BCUT2D eigenvalue weighted by Gasteiger charge is 2.26. The van der Waals surface area contributed by atoms with Crippen LogP contribution in [0.4, 0.5) is 0 Å². The van der Waals surface area contributed by atoms with E-state index in [1.54, 1.807) is 12.1 Å². The summed E-state index contributed by atoms with van der Waals surface area (Å²) in [6.07, 6.45) is 3.22. The third kappa shape index (κ3) is 2.32. The van der Waals surface area contributed by atoms with Crippen molar-refractivity contribution in [1.29, 1.82) is 0 Å². The number of aryl methyl sites for hydroxylation is 1. The van der Waals surface area contributed by atoms with Crippen LogP contribution in [0.5, 0.6) is 0 Å². The maximum Gasteiger partial charge on any atom is 0.233 e. The van der Waals surface area contributed by atoms with Gasteiger partial charge in [-0.2, -0.15) is 0 Å². The van der Waals surface area contributed by atoms with Gasteiger partial charge in [0.25, 0.3) is 0 Å². The molecule has 1 aliphatic rings. The number of fused-ring (bicyclic) bond motifs is 1. The Bertz CT molecular complexity index is 696. The lowest BCUT2D eigenvalue weighted by atomic mass is 9.87. The molecule has 0 saturated carbocycles. The Balaban J connectivity index is 1.85. The second-order valence-corrected chi connectivity index (χ2v) is 4.90. The third-order valence-corrected chi connectivity index (χ3v) is 3.56. The molecule has 0 bridgehead atoms. The SMILES string of the molecule is O=C1C(=O)c2ccccc2C=C1CCc1ccccc1. The molecule has 0 aromatic heterocycles. The van der Waals surface area contributed by atoms with Gasteiger partial charge in [0.05, 0.1) is 0 Å². The molecule has 0 aliphatic heterocycles. The first-order valence-corrected chi connectivity index (χ1v) is 6.68. The highest BCUT2D eigenvalue weighted by molar-refractivity contribution is 6.51. The van der Waals surface area contributed by atoms with E-state index in [2.05, 4.69) is 0 Å². The molecule has 0 N–H and O–H groups in total. The molecule has 0 atom stereocenters. The Hall–Kier alpha value is -2.48. The largest absolute Gasteiger partial charge is 0.285 e. The van der Waals surface area contributed by atoms with E-state index in [9.17, 15) is 9.59 Å². The van der Waals surface area contributed by atoms with Crippen LogP contribution in [0.2, 0.25) is 0 Å². The minimum absolute atomic E-state index is 0.361. The number of carbonyl (C=O) groups excluding carboxylic acids is 2. The molecule has 0 radical (unpaired) electrons. The van der Waals surface area contributed by atoms with E-state index in [0.717, 1.165) is 12.0 Å². The molecule has 0 spiro atoms. The first-order valence-electron chi connectivity index (χ1n) is 6.68. The zero-order valence-electron chi connectivity index (χ0n) is 11.0. The number of Topliss-reactive ketones (excluding diaryl/α,β-unsaturated/α-hetero) is 2. The average molecular weight is 262 g/mol. The Labute approximate surface area is 117 Å². The van der Waals surface area contributed by atoms with Crippen LogP contribution in [0.25, 0.3) is 6.08 Å². The molecule has 2 aromatic rings. The average Bonchev–Trinajstić information content (AvgIpc) is 2.50. The lowest BCUT2D eigenvalue weighted by molar-refractivity contribution is -0.112. The topological polar surface area (TPSA) is 34.1 Å². The number of hydrogen-bond donors (Lipinski definition) is 0. The first-order chi connectivity index (χ1) is 9.75. The Morgan fingerprint density at radius 3 is 2.20 bits per heavy atom. The maximum atomic E-state index is 12.1. The molecule has 0 unspecified atom stereocenters. The van der Waals surface area contributed by atoms with Gasteiger partial charge in [0.15, 0.2) is 0 Å². The molecule has 2 nitrogen and oxygen atoms in total. The molecular formula is C18H14O2. The van der Waals surface area contributed by atoms with Crippen molar-refractivity contribution in [2.24, 2.45) is 0 Å². The van der Waals surface area contributed by atoms with Crippen LogP contribution in [0, 0.1) is 0 Å². The summed E-state index contributed by atoms with van der Waals surface area (Å²) in [4.78, 5) is 24.1. The monoisotopic (exact) mass is 262 g/mol. The van der Waals surface area contributed by atoms with E-state index in [1.165, 1.54) is 5.56 Å². The predicted octanol–water partition coefficient (Wildman–Crippen LogP) is 3.47. The number of ketones is 2. The Morgan fingerprint density at radius 2 is 1.40 bits per heavy atom. The number of hydrogen-bond acceptors (Lipinski definition) is 2. The second-order valence-electron chi connectivity index (χ2n) is 4.90. The molecule has 0 saturated heterocycles. The van der Waals surface area contributed by atoms with Crippen LogP contribution >= 0.6 is 0 Å². The van der Waals surface area contributed by atoms with Gasteiger partial charge in [0.2, 0.25) is 11.6 Å². The van der Waals surface area contributed by atoms with Crippen LogP contribution < -0.4 is 0 Å². The van der Waals surface area contributed by atoms with Crippen LogP contribution in [0.1, 0.15) is 27.9 Å². The summed E-state index contributed by atoms with van der Waals surface area (Å²) in [5.41, 5.74) is 3.14. The van der Waals surface area contributed by atoms with E-state index in [0.29, 0.717) is 17.6 Å². The van der Waals surface area contributed by atoms with E-state index in [1.807, 2.05) is 48.5 Å². The van der Waals surface area contributed by atoms with Gasteiger partial charge in [-0.3, -0.25) is 9.59 Å². The zero-order chi connectivity index (χ0) is 13.9. The Morgan fingerprint density at radius 1 is 0.700 bits per heavy atom. The second kappa shape index (κ2) is 5.25. The van der Waals surface area contributed by atoms with Crippen molar-refractivity contribution in [1.82, 2.24) is 0 Å². The highest BCUT2D eigenvalue weighted by Crippen LogP contribution is 2.24. The molecule has 1 aliphatic carbocycles. The fourth-order valence-corrected chi connectivity index (χ4v) is 2.46. The van der Waals surface area contributed by atoms with Gasteiger partial charge < -0.3 is 0 Å². The number of carbonyl (C=O) groups is 2. The predicted molar refractivity (Wildman–Crippen MR) is 78.5 cm³/mol. The van der Waals surface area contributed by atoms with Crippen molar-refractivity contribution in [2.75, 3.05) is 0 Å². The molecule has 98 valence electrons. The van der Waals surface area contributed by atoms with E-state index in [-0.39, 0.29) is 11.6 Å². The van der Waals surface area contributed by atoms with Crippen molar-refractivity contribution < 1.29 is 9.59 Å². The van der Waals surface area contributed by atoms with Crippen LogP contribution in [0.15, 0.2) is 60.2 Å². The van der Waals surface area contributed by atoms with Gasteiger partial charge in [0.1, 0.15) is 0 Å². The molecule has 0 amide bonds. The normalized spacial score (nSPS) is 13.9. The number of benzene rings is 2. The fourth-order valence-electron chi connectivity index (χ4n) is 2.46. The summed E-state index contributed by atoms with van der Waals surface area (Å²) in [5.74, 6) is -0.745. The molecule has 0 fully saturated rings. The van der Waals surface area contributed by atoms with Gasteiger partial charge in [-0.1, -0.05) is 54.6 Å². The smallest absolute Gasteiger partial charge is 0.233 e. The van der Waals surface area contributed by atoms with Gasteiger partial charge in [-0.25, -0.2) is 0 Å². The first kappa shape index (κ1) is 12.5. The third-order valence-electron chi connectivity index (χ3n) is 3.56. The van der Waals surface area contributed by atoms with Gasteiger partial charge >= 0.3 is 0 Å². The lowest BCUT2D eigenvalue weighted by Gasteiger charge is -2.14. The molecule has 3 rings (SSSR count). The van der Waals surface area contributed by atoms with E-state index >= 15 is 0 Å². The van der Waals surface area contributed by atoms with Crippen molar-refractivity contribution >= 4 is 17.6 Å². The van der Waals surface area contributed by atoms with Gasteiger partial charge in [-0.05, 0) is 30.0 Å².